The Labute approximate surface area is 225 Å². The van der Waals surface area contributed by atoms with Gasteiger partial charge in [0.15, 0.2) is 5.17 Å². The second kappa shape index (κ2) is 11.0. The summed E-state index contributed by atoms with van der Waals surface area (Å²) >= 11 is 3.00. The number of benzene rings is 2. The molecule has 1 aliphatic rings. The maximum Gasteiger partial charge on any atom is 0.269 e. The maximum absolute atomic E-state index is 13.2. The quantitative estimate of drug-likeness (QED) is 0.181. The molecule has 0 unspecified atom stereocenters. The van der Waals surface area contributed by atoms with E-state index in [4.69, 9.17) is 0 Å². The summed E-state index contributed by atoms with van der Waals surface area (Å²) in [5.41, 5.74) is 4.25. The summed E-state index contributed by atoms with van der Waals surface area (Å²) in [6.45, 7) is 12.2. The Kier molecular flexibility index (Phi) is 7.94. The fourth-order valence-corrected chi connectivity index (χ4v) is 6.20. The average Bonchev–Trinajstić information content (AvgIpc) is 3.29. The van der Waals surface area contributed by atoms with Gasteiger partial charge in [-0.25, -0.2) is 0 Å². The Balaban J connectivity index is 1.58. The van der Waals surface area contributed by atoms with Gasteiger partial charge in [-0.2, -0.15) is 0 Å². The lowest BCUT2D eigenvalue weighted by Gasteiger charge is -2.20. The lowest BCUT2D eigenvalue weighted by atomic mass is 10.2. The molecule has 0 atom stereocenters. The van der Waals surface area contributed by atoms with E-state index >= 15 is 0 Å². The molecule has 37 heavy (non-hydrogen) atoms. The fourth-order valence-electron chi connectivity index (χ4n) is 4.16. The lowest BCUT2D eigenvalue weighted by Crippen LogP contribution is -2.35. The van der Waals surface area contributed by atoms with E-state index in [0.717, 1.165) is 37.6 Å². The number of nitro benzene ring substituents is 1. The van der Waals surface area contributed by atoms with Crippen molar-refractivity contribution in [3.63, 3.8) is 0 Å². The maximum atomic E-state index is 13.2. The number of thioether (sulfide) groups is 1. The third kappa shape index (κ3) is 5.83. The second-order valence-electron chi connectivity index (χ2n) is 9.39. The number of carbonyl (C=O) groups excluding carboxylic acids is 1. The summed E-state index contributed by atoms with van der Waals surface area (Å²) in [4.78, 5) is 32.8. The Hall–Kier alpha value is -3.30. The second-order valence-corrected chi connectivity index (χ2v) is 11.5. The Morgan fingerprint density at radius 3 is 2.14 bits per heavy atom. The molecule has 1 fully saturated rings. The Morgan fingerprint density at radius 2 is 1.59 bits per heavy atom. The SMILES string of the molecule is Cc1cc(/C=C2/SC(=NC(C)C)N(C(C)C)C2=O)c(C)n1-c1ccc(Sc2ccc([N+](=O)[O-])cc2)cc1. The van der Waals surface area contributed by atoms with Crippen molar-refractivity contribution in [2.45, 2.75) is 63.4 Å². The molecule has 0 aliphatic carbocycles. The highest BCUT2D eigenvalue weighted by Gasteiger charge is 2.35. The van der Waals surface area contributed by atoms with Crippen molar-refractivity contribution in [2.24, 2.45) is 4.99 Å². The van der Waals surface area contributed by atoms with Crippen LogP contribution in [-0.4, -0.2) is 37.5 Å². The molecule has 2 heterocycles. The number of carbonyl (C=O) groups is 1. The molecule has 0 saturated carbocycles. The third-order valence-corrected chi connectivity index (χ3v) is 7.87. The minimum Gasteiger partial charge on any atom is -0.318 e. The van der Waals surface area contributed by atoms with Crippen LogP contribution in [0.1, 0.15) is 44.6 Å². The van der Waals surface area contributed by atoms with E-state index in [0.29, 0.717) is 4.91 Å². The molecule has 0 radical (unpaired) electrons. The number of amides is 1. The van der Waals surface area contributed by atoms with Gasteiger partial charge in [0.05, 0.1) is 9.83 Å². The summed E-state index contributed by atoms with van der Waals surface area (Å²) in [5, 5.41) is 11.6. The third-order valence-electron chi connectivity index (χ3n) is 5.86. The predicted molar refractivity (Wildman–Crippen MR) is 153 cm³/mol. The number of hydrogen-bond acceptors (Lipinski definition) is 6. The Bertz CT molecular complexity index is 1390. The summed E-state index contributed by atoms with van der Waals surface area (Å²) < 4.78 is 2.18. The van der Waals surface area contributed by atoms with Crippen LogP contribution in [0.5, 0.6) is 0 Å². The molecule has 0 N–H and O–H groups in total. The van der Waals surface area contributed by atoms with E-state index in [1.165, 1.54) is 23.9 Å². The van der Waals surface area contributed by atoms with Gasteiger partial charge in [0.2, 0.25) is 0 Å². The van der Waals surface area contributed by atoms with Crippen LogP contribution in [0.25, 0.3) is 11.8 Å². The molecule has 4 rings (SSSR count). The summed E-state index contributed by atoms with van der Waals surface area (Å²) in [5.74, 6) is -0.00294. The van der Waals surface area contributed by atoms with Crippen LogP contribution in [-0.2, 0) is 4.79 Å². The van der Waals surface area contributed by atoms with Gasteiger partial charge in [0.1, 0.15) is 0 Å². The van der Waals surface area contributed by atoms with Gasteiger partial charge < -0.3 is 4.57 Å². The zero-order valence-electron chi connectivity index (χ0n) is 21.8. The van der Waals surface area contributed by atoms with Gasteiger partial charge in [0.25, 0.3) is 11.6 Å². The van der Waals surface area contributed by atoms with Crippen molar-refractivity contribution < 1.29 is 9.72 Å². The largest absolute Gasteiger partial charge is 0.318 e. The van der Waals surface area contributed by atoms with E-state index in [1.807, 2.05) is 45.9 Å². The number of aromatic nitrogens is 1. The highest BCUT2D eigenvalue weighted by atomic mass is 32.2. The first-order valence-corrected chi connectivity index (χ1v) is 13.7. The highest BCUT2D eigenvalue weighted by Crippen LogP contribution is 2.36. The van der Waals surface area contributed by atoms with Crippen LogP contribution in [0.3, 0.4) is 0 Å². The number of aryl methyl sites for hydroxylation is 1. The normalized spacial score (nSPS) is 16.1. The molecule has 0 bridgehead atoms. The number of rotatable bonds is 7. The van der Waals surface area contributed by atoms with Crippen LogP contribution >= 0.6 is 23.5 Å². The molecular formula is C28H30N4O3S2. The summed E-state index contributed by atoms with van der Waals surface area (Å²) in [6, 6.07) is 17.0. The van der Waals surface area contributed by atoms with Crippen molar-refractivity contribution >= 4 is 46.4 Å². The number of nitro groups is 1. The highest BCUT2D eigenvalue weighted by molar-refractivity contribution is 8.18. The van der Waals surface area contributed by atoms with Gasteiger partial charge in [-0.15, -0.1) is 0 Å². The minimum atomic E-state index is -0.394. The molecule has 1 aliphatic heterocycles. The van der Waals surface area contributed by atoms with Gasteiger partial charge >= 0.3 is 0 Å². The van der Waals surface area contributed by atoms with Crippen molar-refractivity contribution in [1.82, 2.24) is 9.47 Å². The molecule has 192 valence electrons. The topological polar surface area (TPSA) is 80.7 Å². The van der Waals surface area contributed by atoms with E-state index < -0.39 is 4.92 Å². The zero-order valence-corrected chi connectivity index (χ0v) is 23.4. The van der Waals surface area contributed by atoms with Gasteiger partial charge in [-0.05, 0) is 107 Å². The first-order chi connectivity index (χ1) is 17.5. The number of hydrogen-bond donors (Lipinski definition) is 0. The van der Waals surface area contributed by atoms with Gasteiger partial charge in [0, 0.05) is 51.1 Å². The van der Waals surface area contributed by atoms with Crippen LogP contribution in [0.15, 0.2) is 74.3 Å². The van der Waals surface area contributed by atoms with Gasteiger partial charge in [-0.3, -0.25) is 24.8 Å². The summed E-state index contributed by atoms with van der Waals surface area (Å²) in [6.07, 6.45) is 1.98. The number of nitrogens with zero attached hydrogens (tertiary/aromatic N) is 4. The fraction of sp³-hybridized carbons (Fsp3) is 0.286. The molecule has 1 saturated heterocycles. The standard InChI is InChI=1S/C28H30N4O3S2/c1-17(2)29-28-30(18(3)4)27(33)26(37-28)16-21-15-19(5)31(20(21)6)22-7-11-24(12-8-22)36-25-13-9-23(10-14-25)32(34)35/h7-18H,1-6H3/b26-16+,29-28?. The van der Waals surface area contributed by atoms with E-state index in [-0.39, 0.29) is 23.7 Å². The molecule has 1 amide bonds. The zero-order chi connectivity index (χ0) is 26.9. The lowest BCUT2D eigenvalue weighted by molar-refractivity contribution is -0.384. The van der Waals surface area contributed by atoms with Crippen LogP contribution in [0.2, 0.25) is 0 Å². The Morgan fingerprint density at radius 1 is 1.00 bits per heavy atom. The summed E-state index contributed by atoms with van der Waals surface area (Å²) in [7, 11) is 0. The predicted octanol–water partition coefficient (Wildman–Crippen LogP) is 7.24. The van der Waals surface area contributed by atoms with Gasteiger partial charge in [-0.1, -0.05) is 11.8 Å². The van der Waals surface area contributed by atoms with Crippen molar-refractivity contribution in [3.05, 3.63) is 86.6 Å². The first-order valence-electron chi connectivity index (χ1n) is 12.1. The first kappa shape index (κ1) is 26.8. The van der Waals surface area contributed by atoms with E-state index in [2.05, 4.69) is 41.6 Å². The number of non-ortho nitro benzene ring substituents is 1. The molecule has 2 aromatic carbocycles. The monoisotopic (exact) mass is 534 g/mol. The van der Waals surface area contributed by atoms with E-state index in [9.17, 15) is 14.9 Å². The molecule has 1 aromatic heterocycles. The average molecular weight is 535 g/mol. The molecule has 7 nitrogen and oxygen atoms in total. The minimum absolute atomic E-state index is 0.00294. The van der Waals surface area contributed by atoms with Crippen LogP contribution in [0, 0.1) is 24.0 Å². The number of aliphatic imine (C=N–C) groups is 1. The van der Waals surface area contributed by atoms with Crippen molar-refractivity contribution in [3.8, 4) is 5.69 Å². The van der Waals surface area contributed by atoms with Crippen molar-refractivity contribution in [2.75, 3.05) is 0 Å². The van der Waals surface area contributed by atoms with Crippen molar-refractivity contribution in [1.29, 1.82) is 0 Å². The number of amidine groups is 1. The molecule has 0 spiro atoms. The smallest absolute Gasteiger partial charge is 0.269 e. The molecular weight excluding hydrogens is 504 g/mol. The van der Waals surface area contributed by atoms with Crippen LogP contribution < -0.4 is 0 Å². The molecule has 3 aromatic rings. The van der Waals surface area contributed by atoms with Crippen LogP contribution in [0.4, 0.5) is 5.69 Å². The van der Waals surface area contributed by atoms with E-state index in [1.54, 1.807) is 28.8 Å². The molecule has 9 heteroatoms.